The Bertz CT molecular complexity index is 211. The van der Waals surface area contributed by atoms with E-state index in [1.807, 2.05) is 0 Å². The zero-order valence-electron chi connectivity index (χ0n) is 7.55. The highest BCUT2D eigenvalue weighted by molar-refractivity contribution is 5.73. The quantitative estimate of drug-likeness (QED) is 0.690. The van der Waals surface area contributed by atoms with Crippen LogP contribution in [0.1, 0.15) is 32.6 Å². The van der Waals surface area contributed by atoms with Crippen LogP contribution in [0.5, 0.6) is 0 Å². The molecule has 1 heterocycles. The van der Waals surface area contributed by atoms with Crippen molar-refractivity contribution in [3.63, 3.8) is 0 Å². The summed E-state index contributed by atoms with van der Waals surface area (Å²) in [5.41, 5.74) is 5.53. The van der Waals surface area contributed by atoms with Crippen LogP contribution in [-0.2, 0) is 4.74 Å². The van der Waals surface area contributed by atoms with E-state index in [4.69, 9.17) is 10.5 Å². The molecule has 1 fully saturated rings. The molecule has 1 aliphatic carbocycles. The van der Waals surface area contributed by atoms with Gasteiger partial charge in [0, 0.05) is 5.92 Å². The number of nitrogens with two attached hydrogens (primary N) is 1. The van der Waals surface area contributed by atoms with E-state index >= 15 is 0 Å². The molecule has 1 aliphatic heterocycles. The van der Waals surface area contributed by atoms with E-state index in [1.54, 1.807) is 0 Å². The highest BCUT2D eigenvalue weighted by Gasteiger charge is 2.49. The molecule has 0 radical (unpaired) electrons. The molecule has 1 atom stereocenters. The molecule has 0 aromatic heterocycles. The van der Waals surface area contributed by atoms with Gasteiger partial charge in [-0.1, -0.05) is 13.3 Å². The first-order valence-corrected chi connectivity index (χ1v) is 4.76. The highest BCUT2D eigenvalue weighted by atomic mass is 16.5. The molecule has 2 rings (SSSR count). The first kappa shape index (κ1) is 7.90. The van der Waals surface area contributed by atoms with Crippen molar-refractivity contribution in [1.82, 2.24) is 0 Å². The monoisotopic (exact) mass is 168 g/mol. The fourth-order valence-electron chi connectivity index (χ4n) is 2.06. The van der Waals surface area contributed by atoms with Crippen molar-refractivity contribution < 1.29 is 4.74 Å². The molecule has 3 nitrogen and oxygen atoms in total. The number of aliphatic imine (C=N–C) groups is 1. The Kier molecular flexibility index (Phi) is 1.74. The van der Waals surface area contributed by atoms with Gasteiger partial charge in [0.1, 0.15) is 5.60 Å². The Morgan fingerprint density at radius 1 is 1.67 bits per heavy atom. The van der Waals surface area contributed by atoms with Crippen LogP contribution in [-0.4, -0.2) is 18.2 Å². The molecule has 2 aliphatic rings. The third-order valence-corrected chi connectivity index (χ3v) is 2.80. The van der Waals surface area contributed by atoms with Crippen molar-refractivity contribution >= 4 is 6.02 Å². The second kappa shape index (κ2) is 2.64. The van der Waals surface area contributed by atoms with E-state index in [2.05, 4.69) is 11.9 Å². The second-order valence-corrected chi connectivity index (χ2v) is 3.85. The van der Waals surface area contributed by atoms with Gasteiger partial charge < -0.3 is 10.5 Å². The molecule has 68 valence electrons. The van der Waals surface area contributed by atoms with Crippen molar-refractivity contribution in [2.45, 2.75) is 38.2 Å². The number of ether oxygens (including phenoxy) is 1. The van der Waals surface area contributed by atoms with E-state index < -0.39 is 0 Å². The Morgan fingerprint density at radius 3 is 2.83 bits per heavy atom. The van der Waals surface area contributed by atoms with Crippen LogP contribution in [0, 0.1) is 5.92 Å². The molecule has 0 bridgehead atoms. The predicted molar refractivity (Wildman–Crippen MR) is 47.9 cm³/mol. The fraction of sp³-hybridized carbons (Fsp3) is 0.889. The normalized spacial score (nSPS) is 34.6. The molecule has 0 spiro atoms. The van der Waals surface area contributed by atoms with Gasteiger partial charge in [0.25, 0.3) is 6.02 Å². The number of hydrogen-bond donors (Lipinski definition) is 1. The Labute approximate surface area is 73.0 Å². The van der Waals surface area contributed by atoms with Crippen molar-refractivity contribution in [2.75, 3.05) is 6.54 Å². The summed E-state index contributed by atoms with van der Waals surface area (Å²) in [4.78, 5) is 4.14. The van der Waals surface area contributed by atoms with Crippen molar-refractivity contribution in [1.29, 1.82) is 0 Å². The maximum Gasteiger partial charge on any atom is 0.282 e. The SMILES string of the molecule is CCCC1(C2CC2)CN=C(N)O1. The van der Waals surface area contributed by atoms with E-state index in [1.165, 1.54) is 12.8 Å². The van der Waals surface area contributed by atoms with Crippen LogP contribution >= 0.6 is 0 Å². The van der Waals surface area contributed by atoms with E-state index in [0.717, 1.165) is 25.3 Å². The average Bonchev–Trinajstić information content (AvgIpc) is 2.80. The molecule has 3 heteroatoms. The summed E-state index contributed by atoms with van der Waals surface area (Å²) in [6.07, 6.45) is 4.84. The lowest BCUT2D eigenvalue weighted by molar-refractivity contribution is 0.0515. The number of nitrogens with zero attached hydrogens (tertiary/aromatic N) is 1. The van der Waals surface area contributed by atoms with Crippen LogP contribution in [0.3, 0.4) is 0 Å². The Balaban J connectivity index is 2.04. The van der Waals surface area contributed by atoms with Crippen LogP contribution in [0.4, 0.5) is 0 Å². The van der Waals surface area contributed by atoms with Gasteiger partial charge in [0.15, 0.2) is 0 Å². The second-order valence-electron chi connectivity index (χ2n) is 3.85. The minimum absolute atomic E-state index is 0.00116. The smallest absolute Gasteiger partial charge is 0.282 e. The maximum atomic E-state index is 5.64. The summed E-state index contributed by atoms with van der Waals surface area (Å²) >= 11 is 0. The zero-order valence-corrected chi connectivity index (χ0v) is 7.55. The fourth-order valence-corrected chi connectivity index (χ4v) is 2.06. The summed E-state index contributed by atoms with van der Waals surface area (Å²) in [6, 6.07) is 0.398. The van der Waals surface area contributed by atoms with Crippen molar-refractivity contribution in [2.24, 2.45) is 16.6 Å². The summed E-state index contributed by atoms with van der Waals surface area (Å²) < 4.78 is 5.64. The first-order chi connectivity index (χ1) is 5.77. The number of hydrogen-bond acceptors (Lipinski definition) is 3. The van der Waals surface area contributed by atoms with Gasteiger partial charge in [-0.2, -0.15) is 0 Å². The van der Waals surface area contributed by atoms with Gasteiger partial charge in [-0.25, -0.2) is 4.99 Å². The van der Waals surface area contributed by atoms with Gasteiger partial charge in [0.2, 0.25) is 0 Å². The van der Waals surface area contributed by atoms with E-state index in [0.29, 0.717) is 6.02 Å². The molecule has 2 N–H and O–H groups in total. The van der Waals surface area contributed by atoms with Gasteiger partial charge >= 0.3 is 0 Å². The third-order valence-electron chi connectivity index (χ3n) is 2.80. The highest BCUT2D eigenvalue weighted by Crippen LogP contribution is 2.46. The van der Waals surface area contributed by atoms with Crippen molar-refractivity contribution in [3.05, 3.63) is 0 Å². The van der Waals surface area contributed by atoms with Gasteiger partial charge in [-0.05, 0) is 19.3 Å². The molecule has 0 aromatic rings. The van der Waals surface area contributed by atoms with Crippen LogP contribution < -0.4 is 5.73 Å². The molecule has 0 saturated heterocycles. The van der Waals surface area contributed by atoms with Gasteiger partial charge in [-0.3, -0.25) is 0 Å². The van der Waals surface area contributed by atoms with E-state index in [-0.39, 0.29) is 5.60 Å². The third kappa shape index (κ3) is 1.17. The van der Waals surface area contributed by atoms with Crippen LogP contribution in [0.15, 0.2) is 4.99 Å². The molecule has 0 amide bonds. The topological polar surface area (TPSA) is 47.6 Å². The maximum absolute atomic E-state index is 5.64. The van der Waals surface area contributed by atoms with E-state index in [9.17, 15) is 0 Å². The average molecular weight is 168 g/mol. The lowest BCUT2D eigenvalue weighted by Crippen LogP contribution is -2.37. The summed E-state index contributed by atoms with van der Waals surface area (Å²) in [7, 11) is 0. The molecule has 1 unspecified atom stereocenters. The standard InChI is InChI=1S/C9H16N2O/c1-2-5-9(7-3-4-7)6-11-8(10)12-9/h7H,2-6H2,1H3,(H2,10,11). The minimum Gasteiger partial charge on any atom is -0.457 e. The first-order valence-electron chi connectivity index (χ1n) is 4.76. The summed E-state index contributed by atoms with van der Waals surface area (Å²) in [5, 5.41) is 0. The zero-order chi connectivity index (χ0) is 8.60. The number of rotatable bonds is 3. The number of amidine groups is 1. The Morgan fingerprint density at radius 2 is 2.42 bits per heavy atom. The molecule has 1 saturated carbocycles. The largest absolute Gasteiger partial charge is 0.457 e. The predicted octanol–water partition coefficient (Wildman–Crippen LogP) is 1.28. The Hall–Kier alpha value is -0.730. The van der Waals surface area contributed by atoms with Crippen LogP contribution in [0.25, 0.3) is 0 Å². The molecule has 12 heavy (non-hydrogen) atoms. The summed E-state index contributed by atoms with van der Waals surface area (Å²) in [5.74, 6) is 0.724. The minimum atomic E-state index is -0.00116. The van der Waals surface area contributed by atoms with Gasteiger partial charge in [0.05, 0.1) is 6.54 Å². The molecule has 0 aromatic carbocycles. The molecular formula is C9H16N2O. The lowest BCUT2D eigenvalue weighted by Gasteiger charge is -2.27. The lowest BCUT2D eigenvalue weighted by atomic mass is 9.92. The van der Waals surface area contributed by atoms with Gasteiger partial charge in [-0.15, -0.1) is 0 Å². The van der Waals surface area contributed by atoms with Crippen molar-refractivity contribution in [3.8, 4) is 0 Å². The molecular weight excluding hydrogens is 152 g/mol. The van der Waals surface area contributed by atoms with Crippen LogP contribution in [0.2, 0.25) is 0 Å². The summed E-state index contributed by atoms with van der Waals surface area (Å²) in [6.45, 7) is 2.97.